The van der Waals surface area contributed by atoms with Crippen LogP contribution in [0.15, 0.2) is 61.2 Å². The minimum absolute atomic E-state index is 0.0665. The van der Waals surface area contributed by atoms with Gasteiger partial charge in [-0.3, -0.25) is 30.8 Å². The number of pyridine rings is 3. The van der Waals surface area contributed by atoms with E-state index >= 15 is 0 Å². The van der Waals surface area contributed by atoms with Crippen molar-refractivity contribution in [1.82, 2.24) is 15.0 Å². The summed E-state index contributed by atoms with van der Waals surface area (Å²) >= 11 is 12.4. The van der Waals surface area contributed by atoms with Crippen LogP contribution in [0.3, 0.4) is 0 Å². The summed E-state index contributed by atoms with van der Waals surface area (Å²) in [4.78, 5) is 27.3. The van der Waals surface area contributed by atoms with Crippen LogP contribution in [0.25, 0.3) is 0 Å². The molecule has 5 rings (SSSR count). The summed E-state index contributed by atoms with van der Waals surface area (Å²) in [5, 5.41) is 9.42. The van der Waals surface area contributed by atoms with Crippen molar-refractivity contribution in [2.45, 2.75) is 13.2 Å². The number of nitrogens with zero attached hydrogens (tertiary/aromatic N) is 4. The fourth-order valence-corrected chi connectivity index (χ4v) is 4.66. The molecule has 0 bridgehead atoms. The van der Waals surface area contributed by atoms with E-state index in [-0.39, 0.29) is 21.7 Å². The van der Waals surface area contributed by atoms with E-state index < -0.39 is 6.23 Å². The molecule has 1 amide bonds. The quantitative estimate of drug-likeness (QED) is 0.175. The molecule has 0 saturated heterocycles. The third kappa shape index (κ3) is 5.35. The number of ether oxygens (including phenoxy) is 2. The van der Waals surface area contributed by atoms with Gasteiger partial charge in [0.05, 0.1) is 27.9 Å². The first-order valence-corrected chi connectivity index (χ1v) is 12.6. The number of hydrogen-bond donors (Lipinski definition) is 3. The van der Waals surface area contributed by atoms with Crippen molar-refractivity contribution in [3.05, 3.63) is 99.2 Å². The number of benzene rings is 1. The number of amides is 1. The maximum absolute atomic E-state index is 13.3. The van der Waals surface area contributed by atoms with Crippen LogP contribution in [-0.4, -0.2) is 39.7 Å². The second-order valence-corrected chi connectivity index (χ2v) is 9.54. The van der Waals surface area contributed by atoms with Gasteiger partial charge < -0.3 is 15.2 Å². The molecular formula is C27H23Cl2N7O3. The van der Waals surface area contributed by atoms with E-state index in [1.807, 2.05) is 6.92 Å². The summed E-state index contributed by atoms with van der Waals surface area (Å²) in [6.07, 6.45) is 4.89. The molecule has 4 heterocycles. The van der Waals surface area contributed by atoms with E-state index in [0.29, 0.717) is 58.4 Å². The molecule has 4 aromatic rings. The number of hydrogen-bond acceptors (Lipinski definition) is 9. The molecule has 12 heteroatoms. The van der Waals surface area contributed by atoms with Gasteiger partial charge in [-0.15, -0.1) is 0 Å². The fraction of sp³-hybridized carbons (Fsp3) is 0.148. The number of anilines is 2. The molecule has 0 saturated carbocycles. The molecule has 10 nitrogen and oxygen atoms in total. The van der Waals surface area contributed by atoms with Gasteiger partial charge in [0.25, 0.3) is 5.91 Å². The number of carbonyl (C=O) groups excluding carboxylic acids is 1. The molecule has 1 aromatic carbocycles. The van der Waals surface area contributed by atoms with Crippen molar-refractivity contribution in [2.24, 2.45) is 5.73 Å². The molecule has 0 radical (unpaired) electrons. The summed E-state index contributed by atoms with van der Waals surface area (Å²) < 4.78 is 11.5. The smallest absolute Gasteiger partial charge is 0.260 e. The van der Waals surface area contributed by atoms with E-state index in [9.17, 15) is 4.79 Å². The second-order valence-electron chi connectivity index (χ2n) is 8.72. The van der Waals surface area contributed by atoms with E-state index in [1.54, 1.807) is 41.3 Å². The monoisotopic (exact) mass is 563 g/mol. The average molecular weight is 564 g/mol. The number of rotatable bonds is 6. The normalized spacial score (nSPS) is 13.3. The van der Waals surface area contributed by atoms with Crippen LogP contribution in [0.1, 0.15) is 39.0 Å². The Balaban J connectivity index is 1.43. The van der Waals surface area contributed by atoms with E-state index in [2.05, 4.69) is 15.0 Å². The molecule has 198 valence electrons. The highest BCUT2D eigenvalue weighted by molar-refractivity contribution is 6.35. The Morgan fingerprint density at radius 2 is 1.82 bits per heavy atom. The molecule has 1 atom stereocenters. The van der Waals surface area contributed by atoms with Crippen LogP contribution in [0.4, 0.5) is 11.4 Å². The predicted molar refractivity (Wildman–Crippen MR) is 149 cm³/mol. The number of nitrogens with two attached hydrogens (primary N) is 2. The zero-order chi connectivity index (χ0) is 27.7. The molecule has 3 aromatic heterocycles. The summed E-state index contributed by atoms with van der Waals surface area (Å²) in [5.74, 6) is 0.404. The molecule has 5 N–H and O–H groups in total. The van der Waals surface area contributed by atoms with Gasteiger partial charge in [0.15, 0.2) is 6.23 Å². The Labute approximate surface area is 234 Å². The molecule has 0 aliphatic carbocycles. The van der Waals surface area contributed by atoms with Crippen molar-refractivity contribution in [1.29, 1.82) is 5.41 Å². The molecule has 0 fully saturated rings. The lowest BCUT2D eigenvalue weighted by atomic mass is 10.0. The Hall–Kier alpha value is -4.25. The third-order valence-electron chi connectivity index (χ3n) is 6.10. The fourth-order valence-electron chi connectivity index (χ4n) is 4.08. The SMILES string of the molecule is Cc1ccc(C(=O)N2CCOc3ncc(C(=N)c4cc(O[C@H](N)c5c(Cl)cncc5Cl)ccc4N)cc32)cn1. The van der Waals surface area contributed by atoms with Gasteiger partial charge in [0, 0.05) is 52.9 Å². The highest BCUT2D eigenvalue weighted by Gasteiger charge is 2.27. The van der Waals surface area contributed by atoms with Crippen LogP contribution in [-0.2, 0) is 0 Å². The first-order chi connectivity index (χ1) is 18.7. The summed E-state index contributed by atoms with van der Waals surface area (Å²) in [6, 6.07) is 10.0. The highest BCUT2D eigenvalue weighted by Crippen LogP contribution is 2.34. The Kier molecular flexibility index (Phi) is 7.34. The van der Waals surface area contributed by atoms with Crippen LogP contribution in [0.2, 0.25) is 10.0 Å². The summed E-state index contributed by atoms with van der Waals surface area (Å²) in [7, 11) is 0. The number of aryl methyl sites for hydroxylation is 1. The van der Waals surface area contributed by atoms with Crippen LogP contribution < -0.4 is 25.8 Å². The maximum Gasteiger partial charge on any atom is 0.260 e. The van der Waals surface area contributed by atoms with Gasteiger partial charge in [-0.05, 0) is 43.3 Å². The predicted octanol–water partition coefficient (Wildman–Crippen LogP) is 4.56. The lowest BCUT2D eigenvalue weighted by Gasteiger charge is -2.29. The second kappa shape index (κ2) is 10.9. The van der Waals surface area contributed by atoms with Crippen molar-refractivity contribution >= 4 is 46.2 Å². The lowest BCUT2D eigenvalue weighted by molar-refractivity contribution is 0.0975. The van der Waals surface area contributed by atoms with Crippen LogP contribution in [0.5, 0.6) is 11.6 Å². The zero-order valence-corrected chi connectivity index (χ0v) is 22.2. The van der Waals surface area contributed by atoms with E-state index in [4.69, 9.17) is 49.6 Å². The minimum atomic E-state index is -0.989. The third-order valence-corrected chi connectivity index (χ3v) is 6.70. The van der Waals surface area contributed by atoms with Crippen LogP contribution >= 0.6 is 23.2 Å². The molecule has 1 aliphatic heterocycles. The molecule has 39 heavy (non-hydrogen) atoms. The van der Waals surface area contributed by atoms with Crippen LogP contribution in [0, 0.1) is 12.3 Å². The molecule has 1 aliphatic rings. The standard InChI is InChI=1S/C27H23Cl2N7O3/c1-14-2-3-15(10-34-14)27(37)36-6-7-38-26-22(36)8-16(11-35-26)24(31)18-9-17(4-5-21(18)30)39-25(32)23-19(28)12-33-13-20(23)29/h2-5,8-13,25,31H,6-7,30,32H2,1H3/t25-/m0/s1. The lowest BCUT2D eigenvalue weighted by Crippen LogP contribution is -2.38. The number of halogens is 2. The van der Waals surface area contributed by atoms with Crippen molar-refractivity contribution < 1.29 is 14.3 Å². The zero-order valence-electron chi connectivity index (χ0n) is 20.7. The van der Waals surface area contributed by atoms with E-state index in [0.717, 1.165) is 5.69 Å². The summed E-state index contributed by atoms with van der Waals surface area (Å²) in [5.41, 5.74) is 15.7. The Morgan fingerprint density at radius 3 is 2.54 bits per heavy atom. The molecule has 0 unspecified atom stereocenters. The first-order valence-electron chi connectivity index (χ1n) is 11.8. The number of fused-ring (bicyclic) bond motifs is 1. The van der Waals surface area contributed by atoms with Gasteiger partial charge >= 0.3 is 0 Å². The number of aromatic nitrogens is 3. The highest BCUT2D eigenvalue weighted by atomic mass is 35.5. The number of carbonyl (C=O) groups is 1. The van der Waals surface area contributed by atoms with E-state index in [1.165, 1.54) is 24.8 Å². The molecular weight excluding hydrogens is 541 g/mol. The maximum atomic E-state index is 13.3. The first kappa shape index (κ1) is 26.4. The van der Waals surface area contributed by atoms with Crippen molar-refractivity contribution in [3.8, 4) is 11.6 Å². The topological polar surface area (TPSA) is 153 Å². The van der Waals surface area contributed by atoms with Crippen molar-refractivity contribution in [3.63, 3.8) is 0 Å². The van der Waals surface area contributed by atoms with Gasteiger partial charge in [-0.2, -0.15) is 0 Å². The van der Waals surface area contributed by atoms with Gasteiger partial charge in [0.1, 0.15) is 18.0 Å². The Morgan fingerprint density at radius 1 is 1.08 bits per heavy atom. The number of nitrogens with one attached hydrogen (secondary N) is 1. The van der Waals surface area contributed by atoms with Gasteiger partial charge in [-0.25, -0.2) is 4.98 Å². The van der Waals surface area contributed by atoms with Crippen molar-refractivity contribution in [2.75, 3.05) is 23.8 Å². The van der Waals surface area contributed by atoms with Gasteiger partial charge in [0.2, 0.25) is 5.88 Å². The Bertz CT molecular complexity index is 1560. The molecule has 0 spiro atoms. The number of nitrogen functional groups attached to an aromatic ring is 1. The van der Waals surface area contributed by atoms with Gasteiger partial charge in [-0.1, -0.05) is 23.2 Å². The minimum Gasteiger partial charge on any atom is -0.474 e. The summed E-state index contributed by atoms with van der Waals surface area (Å²) in [6.45, 7) is 2.46. The average Bonchev–Trinajstić information content (AvgIpc) is 2.93. The largest absolute Gasteiger partial charge is 0.474 e.